The van der Waals surface area contributed by atoms with E-state index in [0.717, 1.165) is 5.56 Å². The third-order valence-electron chi connectivity index (χ3n) is 1.66. The van der Waals surface area contributed by atoms with E-state index < -0.39 is 0 Å². The highest BCUT2D eigenvalue weighted by molar-refractivity contribution is 6.28. The van der Waals surface area contributed by atoms with Crippen LogP contribution in [0.15, 0.2) is 24.3 Å². The summed E-state index contributed by atoms with van der Waals surface area (Å²) in [5.41, 5.74) is 2.33. The maximum atomic E-state index is 5.96. The van der Waals surface area contributed by atoms with Crippen LogP contribution in [-0.2, 0) is 0 Å². The van der Waals surface area contributed by atoms with Crippen LogP contribution in [0.2, 0.25) is 0 Å². The number of aryl methyl sites for hydroxylation is 1. The summed E-state index contributed by atoms with van der Waals surface area (Å²) in [7, 11) is 0. The van der Waals surface area contributed by atoms with Gasteiger partial charge in [0.25, 0.3) is 0 Å². The highest BCUT2D eigenvalue weighted by atomic mass is 35.5. The first kappa shape index (κ1) is 8.89. The molecule has 0 aliphatic heterocycles. The van der Waals surface area contributed by atoms with Gasteiger partial charge in [-0.15, -0.1) is 23.2 Å². The minimum atomic E-state index is -0.0575. The Kier molecular flexibility index (Phi) is 3.22. The standard InChI is InChI=1S/C9H10Cl2/c1-7-4-2-3-5-8(7)9(11)6-10/h2-5,9H,6H2,1H3. The van der Waals surface area contributed by atoms with Gasteiger partial charge in [0, 0.05) is 5.88 Å². The molecule has 0 spiro atoms. The minimum absolute atomic E-state index is 0.0575. The van der Waals surface area contributed by atoms with Crippen molar-refractivity contribution in [2.75, 3.05) is 5.88 Å². The minimum Gasteiger partial charge on any atom is -0.125 e. The fraction of sp³-hybridized carbons (Fsp3) is 0.333. The normalized spacial score (nSPS) is 13.0. The molecule has 60 valence electrons. The molecule has 1 rings (SSSR count). The van der Waals surface area contributed by atoms with Crippen LogP contribution in [0.5, 0.6) is 0 Å². The van der Waals surface area contributed by atoms with Crippen molar-refractivity contribution in [2.24, 2.45) is 0 Å². The van der Waals surface area contributed by atoms with Crippen LogP contribution >= 0.6 is 23.2 Å². The maximum absolute atomic E-state index is 5.96. The summed E-state index contributed by atoms with van der Waals surface area (Å²) in [6.45, 7) is 2.04. The second kappa shape index (κ2) is 3.99. The quantitative estimate of drug-likeness (QED) is 0.624. The third-order valence-corrected chi connectivity index (χ3v) is 2.52. The van der Waals surface area contributed by atoms with Gasteiger partial charge in [0.05, 0.1) is 5.38 Å². The molecule has 0 aliphatic carbocycles. The molecule has 0 aromatic heterocycles. The average Bonchev–Trinajstić information content (AvgIpc) is 2.04. The summed E-state index contributed by atoms with van der Waals surface area (Å²) in [5, 5.41) is -0.0575. The molecular weight excluding hydrogens is 179 g/mol. The molecule has 0 saturated carbocycles. The van der Waals surface area contributed by atoms with E-state index in [2.05, 4.69) is 0 Å². The van der Waals surface area contributed by atoms with Crippen LogP contribution in [0.3, 0.4) is 0 Å². The Balaban J connectivity index is 2.93. The van der Waals surface area contributed by atoms with E-state index in [0.29, 0.717) is 5.88 Å². The second-order valence-corrected chi connectivity index (χ2v) is 3.31. The van der Waals surface area contributed by atoms with Crippen LogP contribution in [0.25, 0.3) is 0 Å². The largest absolute Gasteiger partial charge is 0.125 e. The van der Waals surface area contributed by atoms with E-state index in [-0.39, 0.29) is 5.38 Å². The number of benzene rings is 1. The van der Waals surface area contributed by atoms with Crippen molar-refractivity contribution in [3.63, 3.8) is 0 Å². The SMILES string of the molecule is Cc1ccccc1C(Cl)CCl. The maximum Gasteiger partial charge on any atom is 0.0723 e. The molecular formula is C9H10Cl2. The topological polar surface area (TPSA) is 0 Å². The monoisotopic (exact) mass is 188 g/mol. The van der Waals surface area contributed by atoms with Crippen LogP contribution in [0.1, 0.15) is 16.5 Å². The summed E-state index contributed by atoms with van der Waals surface area (Å²) in [6, 6.07) is 8.02. The van der Waals surface area contributed by atoms with Gasteiger partial charge in [-0.1, -0.05) is 24.3 Å². The zero-order valence-electron chi connectivity index (χ0n) is 6.35. The van der Waals surface area contributed by atoms with Gasteiger partial charge in [-0.05, 0) is 18.1 Å². The molecule has 0 heterocycles. The Morgan fingerprint density at radius 1 is 1.36 bits per heavy atom. The van der Waals surface area contributed by atoms with Gasteiger partial charge in [0.2, 0.25) is 0 Å². The lowest BCUT2D eigenvalue weighted by Crippen LogP contribution is -1.93. The summed E-state index contributed by atoms with van der Waals surface area (Å²) >= 11 is 11.6. The van der Waals surface area contributed by atoms with Crippen molar-refractivity contribution in [1.29, 1.82) is 0 Å². The second-order valence-electron chi connectivity index (χ2n) is 2.48. The fourth-order valence-electron chi connectivity index (χ4n) is 1.02. The molecule has 0 N–H and O–H groups in total. The van der Waals surface area contributed by atoms with Gasteiger partial charge in [-0.3, -0.25) is 0 Å². The van der Waals surface area contributed by atoms with Gasteiger partial charge in [-0.25, -0.2) is 0 Å². The van der Waals surface area contributed by atoms with E-state index in [1.54, 1.807) is 0 Å². The van der Waals surface area contributed by atoms with Gasteiger partial charge in [0.1, 0.15) is 0 Å². The smallest absolute Gasteiger partial charge is 0.0723 e. The van der Waals surface area contributed by atoms with Crippen LogP contribution in [0.4, 0.5) is 0 Å². The molecule has 11 heavy (non-hydrogen) atoms. The molecule has 1 unspecified atom stereocenters. The van der Waals surface area contributed by atoms with Crippen molar-refractivity contribution in [1.82, 2.24) is 0 Å². The highest BCUT2D eigenvalue weighted by Gasteiger charge is 2.07. The van der Waals surface area contributed by atoms with Crippen molar-refractivity contribution in [3.05, 3.63) is 35.4 Å². The lowest BCUT2D eigenvalue weighted by atomic mass is 10.1. The Hall–Kier alpha value is -0.200. The molecule has 0 fully saturated rings. The molecule has 1 aromatic rings. The predicted octanol–water partition coefficient (Wildman–Crippen LogP) is 3.51. The Bertz CT molecular complexity index is 233. The highest BCUT2D eigenvalue weighted by Crippen LogP contribution is 2.24. The number of alkyl halides is 2. The molecule has 0 amide bonds. The molecule has 0 saturated heterocycles. The Morgan fingerprint density at radius 2 is 2.00 bits per heavy atom. The Labute approximate surface area is 77.1 Å². The van der Waals surface area contributed by atoms with Crippen LogP contribution in [0, 0.1) is 6.92 Å². The number of rotatable bonds is 2. The summed E-state index contributed by atoms with van der Waals surface area (Å²) < 4.78 is 0. The third kappa shape index (κ3) is 2.11. The van der Waals surface area contributed by atoms with Gasteiger partial charge >= 0.3 is 0 Å². The first-order chi connectivity index (χ1) is 5.25. The average molecular weight is 189 g/mol. The summed E-state index contributed by atoms with van der Waals surface area (Å²) in [6.07, 6.45) is 0. The molecule has 1 atom stereocenters. The number of hydrogen-bond acceptors (Lipinski definition) is 0. The van der Waals surface area contributed by atoms with E-state index >= 15 is 0 Å². The van der Waals surface area contributed by atoms with E-state index in [1.165, 1.54) is 5.56 Å². The predicted molar refractivity (Wildman–Crippen MR) is 50.5 cm³/mol. The van der Waals surface area contributed by atoms with Crippen molar-refractivity contribution in [2.45, 2.75) is 12.3 Å². The zero-order valence-corrected chi connectivity index (χ0v) is 7.86. The molecule has 0 nitrogen and oxygen atoms in total. The molecule has 1 aromatic carbocycles. The number of hydrogen-bond donors (Lipinski definition) is 0. The van der Waals surface area contributed by atoms with Crippen molar-refractivity contribution < 1.29 is 0 Å². The van der Waals surface area contributed by atoms with E-state index in [4.69, 9.17) is 23.2 Å². The number of halogens is 2. The van der Waals surface area contributed by atoms with Gasteiger partial charge in [-0.2, -0.15) is 0 Å². The van der Waals surface area contributed by atoms with Crippen molar-refractivity contribution in [3.8, 4) is 0 Å². The fourth-order valence-corrected chi connectivity index (χ4v) is 1.43. The molecule has 2 heteroatoms. The first-order valence-corrected chi connectivity index (χ1v) is 4.48. The van der Waals surface area contributed by atoms with E-state index in [9.17, 15) is 0 Å². The van der Waals surface area contributed by atoms with Gasteiger partial charge in [0.15, 0.2) is 0 Å². The summed E-state index contributed by atoms with van der Waals surface area (Å²) in [4.78, 5) is 0. The van der Waals surface area contributed by atoms with E-state index in [1.807, 2.05) is 31.2 Å². The van der Waals surface area contributed by atoms with Gasteiger partial charge < -0.3 is 0 Å². The van der Waals surface area contributed by atoms with Crippen LogP contribution < -0.4 is 0 Å². The summed E-state index contributed by atoms with van der Waals surface area (Å²) in [5.74, 6) is 0.465. The van der Waals surface area contributed by atoms with Crippen LogP contribution in [-0.4, -0.2) is 5.88 Å². The zero-order chi connectivity index (χ0) is 8.27. The lowest BCUT2D eigenvalue weighted by molar-refractivity contribution is 1.07. The molecule has 0 aliphatic rings. The first-order valence-electron chi connectivity index (χ1n) is 3.51. The molecule has 0 bridgehead atoms. The van der Waals surface area contributed by atoms with Crippen molar-refractivity contribution >= 4 is 23.2 Å². The lowest BCUT2D eigenvalue weighted by Gasteiger charge is -2.08. The molecule has 0 radical (unpaired) electrons. The Morgan fingerprint density at radius 3 is 2.55 bits per heavy atom.